The number of piperidine rings is 1. The Kier molecular flexibility index (Phi) is 9.43. The van der Waals surface area contributed by atoms with Gasteiger partial charge in [0, 0.05) is 35.8 Å². The van der Waals surface area contributed by atoms with E-state index in [4.69, 9.17) is 17.3 Å². The first-order chi connectivity index (χ1) is 20.2. The number of nitrogens with two attached hydrogens (primary N) is 1. The average molecular weight is 591 g/mol. The van der Waals surface area contributed by atoms with Crippen LogP contribution in [-0.2, 0) is 6.42 Å². The maximum Gasteiger partial charge on any atom is 0.354 e. The Bertz CT molecular complexity index is 1620. The van der Waals surface area contributed by atoms with Gasteiger partial charge in [0.05, 0.1) is 22.2 Å². The zero-order valence-corrected chi connectivity index (χ0v) is 25.3. The highest BCUT2D eigenvalue weighted by Crippen LogP contribution is 2.32. The van der Waals surface area contributed by atoms with Crippen LogP contribution in [0.5, 0.6) is 0 Å². The van der Waals surface area contributed by atoms with Crippen LogP contribution in [0.3, 0.4) is 0 Å². The third kappa shape index (κ3) is 7.10. The maximum absolute atomic E-state index is 15.1. The highest BCUT2D eigenvalue weighted by atomic mass is 35.5. The summed E-state index contributed by atoms with van der Waals surface area (Å²) in [5, 5.41) is 4.55. The molecule has 0 amide bonds. The van der Waals surface area contributed by atoms with Gasteiger partial charge in [-0.3, -0.25) is 9.56 Å². The predicted octanol–water partition coefficient (Wildman–Crippen LogP) is 7.10. The number of aliphatic imine (C=N–C) groups is 1. The molecule has 0 radical (unpaired) electrons. The van der Waals surface area contributed by atoms with Gasteiger partial charge < -0.3 is 16.0 Å². The molecule has 222 valence electrons. The largest absolute Gasteiger partial charge is 0.388 e. The summed E-state index contributed by atoms with van der Waals surface area (Å²) in [7, 11) is 0. The molecule has 0 unspecified atom stereocenters. The van der Waals surface area contributed by atoms with Crippen LogP contribution < -0.4 is 16.7 Å². The normalized spacial score (nSPS) is 17.8. The molecule has 5 rings (SSSR count). The van der Waals surface area contributed by atoms with E-state index in [0.29, 0.717) is 40.1 Å². The summed E-state index contributed by atoms with van der Waals surface area (Å²) in [6.45, 7) is 6.93. The van der Waals surface area contributed by atoms with E-state index in [9.17, 15) is 4.79 Å². The maximum atomic E-state index is 15.1. The summed E-state index contributed by atoms with van der Waals surface area (Å²) in [6, 6.07) is 14.1. The minimum atomic E-state index is -0.484. The number of aromatic amines is 1. The number of benzene rings is 2. The smallest absolute Gasteiger partial charge is 0.354 e. The number of fused-ring (bicyclic) bond motifs is 1. The topological polar surface area (TPSA) is 101 Å². The quantitative estimate of drug-likeness (QED) is 0.135. The summed E-state index contributed by atoms with van der Waals surface area (Å²) in [5.74, 6) is 0.745. The van der Waals surface area contributed by atoms with Gasteiger partial charge in [-0.15, -0.1) is 0 Å². The molecule has 7 nitrogen and oxygen atoms in total. The highest BCUT2D eigenvalue weighted by Gasteiger charge is 2.22. The summed E-state index contributed by atoms with van der Waals surface area (Å²) in [6.07, 6.45) is 8.98. The van der Waals surface area contributed by atoms with Gasteiger partial charge in [0.2, 0.25) is 0 Å². The second kappa shape index (κ2) is 13.2. The Labute approximate surface area is 251 Å². The van der Waals surface area contributed by atoms with E-state index in [2.05, 4.69) is 46.3 Å². The number of nitrogens with zero attached hydrogens (tertiary/aromatic N) is 3. The van der Waals surface area contributed by atoms with Gasteiger partial charge in [-0.05, 0) is 86.4 Å². The molecule has 1 aliphatic heterocycles. The summed E-state index contributed by atoms with van der Waals surface area (Å²) in [5.41, 5.74) is 9.50. The van der Waals surface area contributed by atoms with Gasteiger partial charge in [-0.1, -0.05) is 50.4 Å². The first kappa shape index (κ1) is 30.0. The monoisotopic (exact) mass is 590 g/mol. The van der Waals surface area contributed by atoms with Crippen LogP contribution in [0.15, 0.2) is 58.4 Å². The fraction of sp³-hybridized carbons (Fsp3) is 0.424. The Morgan fingerprint density at radius 1 is 1.21 bits per heavy atom. The Hall–Kier alpha value is -3.49. The second-order valence-electron chi connectivity index (χ2n) is 11.9. The molecule has 0 bridgehead atoms. The van der Waals surface area contributed by atoms with Gasteiger partial charge >= 0.3 is 5.69 Å². The Morgan fingerprint density at radius 2 is 2.00 bits per heavy atom. The lowest BCUT2D eigenvalue weighted by molar-refractivity contribution is 0.315. The van der Waals surface area contributed by atoms with Crippen molar-refractivity contribution < 1.29 is 4.39 Å². The van der Waals surface area contributed by atoms with Gasteiger partial charge in [-0.2, -0.15) is 4.98 Å². The van der Waals surface area contributed by atoms with Gasteiger partial charge in [0.25, 0.3) is 0 Å². The van der Waals surface area contributed by atoms with Crippen molar-refractivity contribution in [3.05, 3.63) is 81.1 Å². The van der Waals surface area contributed by atoms with E-state index in [1.54, 1.807) is 12.3 Å². The molecule has 4 N–H and O–H groups in total. The minimum Gasteiger partial charge on any atom is -0.388 e. The zero-order valence-electron chi connectivity index (χ0n) is 24.6. The SMILES string of the molecule is CC(N)=NCC[C@@H]1CCC[C@@H](c2ccc(-n3cc4cc(-c5cc(CCCC(C)C)cc(Cl)c5F)[nH]c4nc3=O)cc2)N1. The van der Waals surface area contributed by atoms with E-state index in [0.717, 1.165) is 62.7 Å². The molecule has 0 spiro atoms. The molecular formula is C33H40ClFN6O. The van der Waals surface area contributed by atoms with E-state index in [-0.39, 0.29) is 11.1 Å². The summed E-state index contributed by atoms with van der Waals surface area (Å²) in [4.78, 5) is 24.7. The van der Waals surface area contributed by atoms with Gasteiger partial charge in [-0.25, -0.2) is 9.18 Å². The van der Waals surface area contributed by atoms with Gasteiger partial charge in [0.1, 0.15) is 5.65 Å². The van der Waals surface area contributed by atoms with Crippen molar-refractivity contribution >= 4 is 28.5 Å². The Morgan fingerprint density at radius 3 is 2.74 bits per heavy atom. The second-order valence-corrected chi connectivity index (χ2v) is 12.3. The minimum absolute atomic E-state index is 0.0938. The molecule has 1 aliphatic rings. The van der Waals surface area contributed by atoms with E-state index in [1.807, 2.05) is 31.2 Å². The first-order valence-electron chi connectivity index (χ1n) is 14.9. The molecule has 0 aliphatic carbocycles. The number of halogens is 2. The van der Waals surface area contributed by atoms with Crippen molar-refractivity contribution in [1.82, 2.24) is 19.9 Å². The molecule has 2 aromatic heterocycles. The fourth-order valence-electron chi connectivity index (χ4n) is 5.80. The van der Waals surface area contributed by atoms with Crippen LogP contribution in [0.4, 0.5) is 4.39 Å². The van der Waals surface area contributed by atoms with Crippen LogP contribution in [0.2, 0.25) is 5.02 Å². The van der Waals surface area contributed by atoms with Crippen molar-refractivity contribution in [2.75, 3.05) is 6.54 Å². The predicted molar refractivity (Wildman–Crippen MR) is 170 cm³/mol. The number of nitrogens with one attached hydrogen (secondary N) is 2. The average Bonchev–Trinajstić information content (AvgIpc) is 3.37. The van der Waals surface area contributed by atoms with Crippen molar-refractivity contribution in [3.63, 3.8) is 0 Å². The molecule has 3 heterocycles. The van der Waals surface area contributed by atoms with Crippen LogP contribution in [0.25, 0.3) is 28.0 Å². The number of hydrogen-bond donors (Lipinski definition) is 3. The van der Waals surface area contributed by atoms with Crippen LogP contribution in [0, 0.1) is 11.7 Å². The summed E-state index contributed by atoms with van der Waals surface area (Å²) < 4.78 is 16.7. The number of H-pyrrole nitrogens is 1. The molecular weight excluding hydrogens is 551 g/mol. The number of amidine groups is 1. The Balaban J connectivity index is 1.35. The molecule has 9 heteroatoms. The summed E-state index contributed by atoms with van der Waals surface area (Å²) >= 11 is 6.28. The lowest BCUT2D eigenvalue weighted by atomic mass is 9.92. The first-order valence-corrected chi connectivity index (χ1v) is 15.3. The van der Waals surface area contributed by atoms with Crippen molar-refractivity contribution in [3.8, 4) is 16.9 Å². The molecule has 42 heavy (non-hydrogen) atoms. The van der Waals surface area contributed by atoms with E-state index >= 15 is 4.39 Å². The lowest BCUT2D eigenvalue weighted by Gasteiger charge is -2.31. The molecule has 1 saturated heterocycles. The van der Waals surface area contributed by atoms with Gasteiger partial charge in [0.15, 0.2) is 5.82 Å². The third-order valence-corrected chi connectivity index (χ3v) is 8.30. The zero-order chi connectivity index (χ0) is 29.8. The number of aryl methyl sites for hydroxylation is 1. The fourth-order valence-corrected chi connectivity index (χ4v) is 6.04. The molecule has 0 saturated carbocycles. The molecule has 2 atom stereocenters. The molecule has 2 aromatic carbocycles. The van der Waals surface area contributed by atoms with E-state index < -0.39 is 11.5 Å². The standard InChI is InChI=1S/C33H40ClFN6O/c1-20(2)6-4-7-22-16-27(31(35)28(34)17-22)30-18-24-19-41(33(42)40-32(24)39-30)26-12-10-23(11-13-26)29-9-5-8-25(38-29)14-15-37-21(3)36/h10-13,16-20,25,29,38H,4-9,14-15H2,1-3H3,(H2,36,37)(H,39,40,42)/t25-,29-/m0/s1. The third-order valence-electron chi connectivity index (χ3n) is 8.03. The number of rotatable bonds is 10. The molecule has 4 aromatic rings. The number of hydrogen-bond acceptors (Lipinski definition) is 4. The lowest BCUT2D eigenvalue weighted by Crippen LogP contribution is -2.37. The van der Waals surface area contributed by atoms with Crippen LogP contribution >= 0.6 is 11.6 Å². The van der Waals surface area contributed by atoms with Crippen molar-refractivity contribution in [1.29, 1.82) is 0 Å². The highest BCUT2D eigenvalue weighted by molar-refractivity contribution is 6.31. The number of aromatic nitrogens is 3. The molecule has 1 fully saturated rings. The van der Waals surface area contributed by atoms with Crippen molar-refractivity contribution in [2.45, 2.75) is 77.8 Å². The van der Waals surface area contributed by atoms with E-state index in [1.165, 1.54) is 10.1 Å². The van der Waals surface area contributed by atoms with Crippen molar-refractivity contribution in [2.24, 2.45) is 16.6 Å². The van der Waals surface area contributed by atoms with Crippen LogP contribution in [0.1, 0.15) is 76.5 Å². The van der Waals surface area contributed by atoms with Crippen LogP contribution in [-0.4, -0.2) is 33.0 Å².